The van der Waals surface area contributed by atoms with Crippen LogP contribution in [0.5, 0.6) is 0 Å². The zero-order valence-electron chi connectivity index (χ0n) is 15.3. The van der Waals surface area contributed by atoms with Gasteiger partial charge < -0.3 is 4.90 Å². The molecule has 3 aromatic rings. The SMILES string of the molecule is Cc1nnc2ccc(C(=O)N3CC(S(=O)(=O)N4CCc5ccccc54)C3)cn12. The highest BCUT2D eigenvalue weighted by Crippen LogP contribution is 2.33. The Morgan fingerprint density at radius 3 is 2.71 bits per heavy atom. The molecule has 1 fully saturated rings. The average molecular weight is 397 g/mol. The summed E-state index contributed by atoms with van der Waals surface area (Å²) in [5.41, 5.74) is 2.99. The van der Waals surface area contributed by atoms with E-state index in [1.165, 1.54) is 4.31 Å². The van der Waals surface area contributed by atoms with Crippen LogP contribution < -0.4 is 4.31 Å². The molecular weight excluding hydrogens is 378 g/mol. The van der Waals surface area contributed by atoms with Gasteiger partial charge in [0, 0.05) is 25.8 Å². The minimum Gasteiger partial charge on any atom is -0.336 e. The first-order chi connectivity index (χ1) is 13.4. The lowest BCUT2D eigenvalue weighted by molar-refractivity contribution is 0.0658. The van der Waals surface area contributed by atoms with Crippen molar-refractivity contribution >= 4 is 27.3 Å². The van der Waals surface area contributed by atoms with Crippen molar-refractivity contribution in [3.63, 3.8) is 0 Å². The Hall–Kier alpha value is -2.94. The fourth-order valence-corrected chi connectivity index (χ4v) is 5.75. The van der Waals surface area contributed by atoms with Crippen molar-refractivity contribution in [1.29, 1.82) is 0 Å². The van der Waals surface area contributed by atoms with Crippen LogP contribution in [0.4, 0.5) is 5.69 Å². The molecule has 2 aromatic heterocycles. The van der Waals surface area contributed by atoms with E-state index in [9.17, 15) is 13.2 Å². The zero-order chi connectivity index (χ0) is 19.5. The van der Waals surface area contributed by atoms with E-state index < -0.39 is 15.3 Å². The zero-order valence-corrected chi connectivity index (χ0v) is 16.1. The van der Waals surface area contributed by atoms with Crippen LogP contribution >= 0.6 is 0 Å². The molecular formula is C19H19N5O3S. The Kier molecular flexibility index (Phi) is 3.70. The average Bonchev–Trinajstić information content (AvgIpc) is 3.24. The molecule has 0 aliphatic carbocycles. The highest BCUT2D eigenvalue weighted by atomic mass is 32.2. The summed E-state index contributed by atoms with van der Waals surface area (Å²) in [6.45, 7) is 2.70. The molecule has 0 bridgehead atoms. The highest BCUT2D eigenvalue weighted by molar-refractivity contribution is 7.93. The van der Waals surface area contributed by atoms with Gasteiger partial charge in [0.25, 0.3) is 5.91 Å². The fraction of sp³-hybridized carbons (Fsp3) is 0.316. The highest BCUT2D eigenvalue weighted by Gasteiger charge is 2.44. The maximum Gasteiger partial charge on any atom is 0.255 e. The van der Waals surface area contributed by atoms with Crippen LogP contribution in [0.1, 0.15) is 21.7 Å². The van der Waals surface area contributed by atoms with Gasteiger partial charge in [0.2, 0.25) is 10.0 Å². The molecule has 4 heterocycles. The Balaban J connectivity index is 1.32. The number of para-hydroxylation sites is 1. The number of sulfonamides is 1. The lowest BCUT2D eigenvalue weighted by Crippen LogP contribution is -2.59. The Morgan fingerprint density at radius 2 is 1.89 bits per heavy atom. The lowest BCUT2D eigenvalue weighted by Gasteiger charge is -2.40. The van der Waals surface area contributed by atoms with Gasteiger partial charge in [-0.15, -0.1) is 10.2 Å². The molecule has 28 heavy (non-hydrogen) atoms. The number of likely N-dealkylation sites (tertiary alicyclic amines) is 1. The number of aryl methyl sites for hydroxylation is 1. The first-order valence-electron chi connectivity index (χ1n) is 9.15. The van der Waals surface area contributed by atoms with Crippen LogP contribution in [0.25, 0.3) is 5.65 Å². The Bertz CT molecular complexity index is 1200. The standard InChI is InChI=1S/C19H19N5O3S/c1-13-20-21-18-7-6-15(10-23(13)18)19(25)22-11-16(12-22)28(26,27)24-9-8-14-4-2-3-5-17(14)24/h2-7,10,16H,8-9,11-12H2,1H3. The number of pyridine rings is 1. The summed E-state index contributed by atoms with van der Waals surface area (Å²) in [5.74, 6) is 0.518. The molecule has 2 aliphatic rings. The van der Waals surface area contributed by atoms with E-state index in [1.807, 2.05) is 31.2 Å². The van der Waals surface area contributed by atoms with Crippen molar-refractivity contribution < 1.29 is 13.2 Å². The van der Waals surface area contributed by atoms with Crippen molar-refractivity contribution in [2.45, 2.75) is 18.6 Å². The summed E-state index contributed by atoms with van der Waals surface area (Å²) in [6.07, 6.45) is 2.43. The molecule has 1 aromatic carbocycles. The number of carbonyl (C=O) groups excluding carboxylic acids is 1. The second kappa shape index (κ2) is 6.03. The number of amides is 1. The number of carbonyl (C=O) groups is 1. The first kappa shape index (κ1) is 17.2. The molecule has 2 aliphatic heterocycles. The van der Waals surface area contributed by atoms with Gasteiger partial charge in [-0.2, -0.15) is 0 Å². The summed E-state index contributed by atoms with van der Waals surface area (Å²) in [7, 11) is -3.48. The van der Waals surface area contributed by atoms with Gasteiger partial charge in [-0.3, -0.25) is 13.5 Å². The topological polar surface area (TPSA) is 87.9 Å². The third-order valence-electron chi connectivity index (χ3n) is 5.53. The van der Waals surface area contributed by atoms with Gasteiger partial charge in [0.15, 0.2) is 5.65 Å². The van der Waals surface area contributed by atoms with Gasteiger partial charge in [0.05, 0.1) is 11.3 Å². The van der Waals surface area contributed by atoms with Crippen molar-refractivity contribution in [2.75, 3.05) is 23.9 Å². The largest absolute Gasteiger partial charge is 0.336 e. The number of hydrogen-bond acceptors (Lipinski definition) is 5. The second-order valence-corrected chi connectivity index (χ2v) is 9.36. The fourth-order valence-electron chi connectivity index (χ4n) is 3.86. The maximum atomic E-state index is 13.0. The van der Waals surface area contributed by atoms with Crippen LogP contribution in [0.15, 0.2) is 42.6 Å². The van der Waals surface area contributed by atoms with Crippen molar-refractivity contribution in [3.8, 4) is 0 Å². The molecule has 0 saturated carbocycles. The van der Waals surface area contributed by atoms with Gasteiger partial charge in [-0.05, 0) is 37.1 Å². The quantitative estimate of drug-likeness (QED) is 0.664. The van der Waals surface area contributed by atoms with E-state index in [1.54, 1.807) is 27.6 Å². The van der Waals surface area contributed by atoms with E-state index in [0.29, 0.717) is 23.6 Å². The number of benzene rings is 1. The predicted octanol–water partition coefficient (Wildman–Crippen LogP) is 1.25. The summed E-state index contributed by atoms with van der Waals surface area (Å²) < 4.78 is 29.3. The van der Waals surface area contributed by atoms with E-state index in [0.717, 1.165) is 17.7 Å². The number of rotatable bonds is 3. The molecule has 1 saturated heterocycles. The monoisotopic (exact) mass is 397 g/mol. The van der Waals surface area contributed by atoms with Crippen LogP contribution in [0.2, 0.25) is 0 Å². The summed E-state index contributed by atoms with van der Waals surface area (Å²) in [4.78, 5) is 14.3. The van der Waals surface area contributed by atoms with Gasteiger partial charge >= 0.3 is 0 Å². The normalized spacial score (nSPS) is 17.0. The van der Waals surface area contributed by atoms with Crippen LogP contribution in [0.3, 0.4) is 0 Å². The molecule has 0 unspecified atom stereocenters. The number of aromatic nitrogens is 3. The Morgan fingerprint density at radius 1 is 1.11 bits per heavy atom. The Labute approximate surface area is 162 Å². The minimum atomic E-state index is -3.48. The molecule has 144 valence electrons. The third kappa shape index (κ3) is 2.50. The first-order valence-corrected chi connectivity index (χ1v) is 10.7. The summed E-state index contributed by atoms with van der Waals surface area (Å²) in [6, 6.07) is 11.0. The lowest BCUT2D eigenvalue weighted by atomic mass is 10.1. The molecule has 8 nitrogen and oxygen atoms in total. The van der Waals surface area contributed by atoms with Crippen LogP contribution in [0, 0.1) is 6.92 Å². The molecule has 9 heteroatoms. The number of fused-ring (bicyclic) bond motifs is 2. The van der Waals surface area contributed by atoms with Crippen LogP contribution in [-0.2, 0) is 16.4 Å². The third-order valence-corrected chi connectivity index (χ3v) is 7.66. The summed E-state index contributed by atoms with van der Waals surface area (Å²) in [5, 5.41) is 7.43. The van der Waals surface area contributed by atoms with Crippen LogP contribution in [-0.4, -0.2) is 58.7 Å². The maximum absolute atomic E-state index is 13.0. The summed E-state index contributed by atoms with van der Waals surface area (Å²) >= 11 is 0. The van der Waals surface area contributed by atoms with Crippen molar-refractivity contribution in [3.05, 3.63) is 59.5 Å². The van der Waals surface area contributed by atoms with E-state index in [2.05, 4.69) is 10.2 Å². The molecule has 0 N–H and O–H groups in total. The molecule has 1 amide bonds. The second-order valence-electron chi connectivity index (χ2n) is 7.22. The van der Waals surface area contributed by atoms with Gasteiger partial charge in [-0.25, -0.2) is 8.42 Å². The molecule has 0 radical (unpaired) electrons. The number of anilines is 1. The van der Waals surface area contributed by atoms with E-state index in [4.69, 9.17) is 0 Å². The minimum absolute atomic E-state index is 0.178. The molecule has 0 spiro atoms. The molecule has 0 atom stereocenters. The van der Waals surface area contributed by atoms with Crippen molar-refractivity contribution in [1.82, 2.24) is 19.5 Å². The molecule has 5 rings (SSSR count). The van der Waals surface area contributed by atoms with Gasteiger partial charge in [-0.1, -0.05) is 18.2 Å². The van der Waals surface area contributed by atoms with Gasteiger partial charge in [0.1, 0.15) is 11.1 Å². The number of nitrogens with zero attached hydrogens (tertiary/aromatic N) is 5. The predicted molar refractivity (Wildman–Crippen MR) is 104 cm³/mol. The van der Waals surface area contributed by atoms with E-state index in [-0.39, 0.29) is 19.0 Å². The number of hydrogen-bond donors (Lipinski definition) is 0. The van der Waals surface area contributed by atoms with Crippen molar-refractivity contribution in [2.24, 2.45) is 0 Å². The van der Waals surface area contributed by atoms with E-state index >= 15 is 0 Å². The smallest absolute Gasteiger partial charge is 0.255 e.